The number of unbranched alkanes of at least 4 members (excludes halogenated alkanes) is 2. The summed E-state index contributed by atoms with van der Waals surface area (Å²) in [5.41, 5.74) is 10.1. The molecule has 0 amide bonds. The second-order valence-corrected chi connectivity index (χ2v) is 4.49. The highest BCUT2D eigenvalue weighted by Crippen LogP contribution is 2.24. The highest BCUT2D eigenvalue weighted by atomic mass is 16.6. The van der Waals surface area contributed by atoms with Crippen LogP contribution in [0.15, 0.2) is 23.4 Å². The molecule has 0 saturated heterocycles. The monoisotopic (exact) mass is 232 g/mol. The summed E-state index contributed by atoms with van der Waals surface area (Å²) in [6.07, 6.45) is 5.49. The Morgan fingerprint density at radius 2 is 2.18 bits per heavy atom. The van der Waals surface area contributed by atoms with Gasteiger partial charge in [0.05, 0.1) is 5.71 Å². The number of aryl methyl sites for hydroxylation is 1. The molecule has 1 aliphatic rings. The van der Waals surface area contributed by atoms with E-state index in [-0.39, 0.29) is 0 Å². The average molecular weight is 232 g/mol. The number of oxime groups is 1. The lowest BCUT2D eigenvalue weighted by Crippen LogP contribution is -1.98. The fourth-order valence-corrected chi connectivity index (χ4v) is 2.12. The Morgan fingerprint density at radius 1 is 1.29 bits per heavy atom. The number of nitrogen functional groups attached to an aromatic ring is 1. The molecule has 0 atom stereocenters. The van der Waals surface area contributed by atoms with Gasteiger partial charge in [-0.15, -0.1) is 0 Å². The van der Waals surface area contributed by atoms with Crippen molar-refractivity contribution in [1.29, 1.82) is 0 Å². The Balaban J connectivity index is 1.94. The van der Waals surface area contributed by atoms with Crippen LogP contribution in [0.25, 0.3) is 0 Å². The third-order valence-electron chi connectivity index (χ3n) is 3.09. The topological polar surface area (TPSA) is 47.6 Å². The summed E-state index contributed by atoms with van der Waals surface area (Å²) in [6.45, 7) is 2.91. The minimum absolute atomic E-state index is 0.724. The summed E-state index contributed by atoms with van der Waals surface area (Å²) in [5.74, 6) is 0. The predicted octanol–water partition coefficient (Wildman–Crippen LogP) is 3.13. The molecule has 0 radical (unpaired) electrons. The zero-order chi connectivity index (χ0) is 12.1. The molecule has 0 aromatic heterocycles. The SMILES string of the molecule is CCCCCO/N=C1/CCc2cc(N)ccc21. The Bertz CT molecular complexity index is 413. The summed E-state index contributed by atoms with van der Waals surface area (Å²) in [7, 11) is 0. The van der Waals surface area contributed by atoms with Crippen LogP contribution in [0.5, 0.6) is 0 Å². The highest BCUT2D eigenvalue weighted by Gasteiger charge is 2.18. The van der Waals surface area contributed by atoms with Gasteiger partial charge in [0.15, 0.2) is 0 Å². The van der Waals surface area contributed by atoms with Gasteiger partial charge < -0.3 is 10.6 Å². The fourth-order valence-electron chi connectivity index (χ4n) is 2.12. The molecule has 0 fully saturated rings. The second-order valence-electron chi connectivity index (χ2n) is 4.49. The van der Waals surface area contributed by atoms with Gasteiger partial charge in [-0.3, -0.25) is 0 Å². The molecular formula is C14H20N2O. The number of anilines is 1. The van der Waals surface area contributed by atoms with Crippen molar-refractivity contribution in [1.82, 2.24) is 0 Å². The van der Waals surface area contributed by atoms with E-state index in [1.807, 2.05) is 18.2 Å². The first-order valence-corrected chi connectivity index (χ1v) is 6.39. The van der Waals surface area contributed by atoms with Crippen LogP contribution in [-0.2, 0) is 11.3 Å². The number of nitrogens with zero attached hydrogens (tertiary/aromatic N) is 1. The van der Waals surface area contributed by atoms with Crippen LogP contribution in [-0.4, -0.2) is 12.3 Å². The van der Waals surface area contributed by atoms with Gasteiger partial charge in [-0.1, -0.05) is 31.0 Å². The molecule has 17 heavy (non-hydrogen) atoms. The van der Waals surface area contributed by atoms with Crippen LogP contribution >= 0.6 is 0 Å². The molecular weight excluding hydrogens is 212 g/mol. The maximum absolute atomic E-state index is 5.76. The van der Waals surface area contributed by atoms with Crippen LogP contribution < -0.4 is 5.73 Å². The van der Waals surface area contributed by atoms with E-state index in [1.165, 1.54) is 24.0 Å². The normalized spacial score (nSPS) is 16.2. The second kappa shape index (κ2) is 5.71. The molecule has 0 saturated carbocycles. The fraction of sp³-hybridized carbons (Fsp3) is 0.500. The smallest absolute Gasteiger partial charge is 0.117 e. The minimum Gasteiger partial charge on any atom is -0.399 e. The number of benzene rings is 1. The molecule has 1 aliphatic carbocycles. The van der Waals surface area contributed by atoms with Gasteiger partial charge in [0.2, 0.25) is 0 Å². The Hall–Kier alpha value is -1.51. The van der Waals surface area contributed by atoms with Gasteiger partial charge in [-0.2, -0.15) is 0 Å². The van der Waals surface area contributed by atoms with Crippen molar-refractivity contribution >= 4 is 11.4 Å². The molecule has 2 N–H and O–H groups in total. The summed E-state index contributed by atoms with van der Waals surface area (Å²) in [4.78, 5) is 5.36. The maximum Gasteiger partial charge on any atom is 0.117 e. The van der Waals surface area contributed by atoms with E-state index in [9.17, 15) is 0 Å². The summed E-state index contributed by atoms with van der Waals surface area (Å²) in [5, 5.41) is 4.24. The molecule has 0 bridgehead atoms. The molecule has 0 aliphatic heterocycles. The largest absolute Gasteiger partial charge is 0.399 e. The molecule has 0 spiro atoms. The van der Waals surface area contributed by atoms with Gasteiger partial charge in [0.1, 0.15) is 6.61 Å². The molecule has 1 aromatic carbocycles. The third kappa shape index (κ3) is 2.99. The average Bonchev–Trinajstić information content (AvgIpc) is 2.71. The van der Waals surface area contributed by atoms with E-state index in [2.05, 4.69) is 12.1 Å². The van der Waals surface area contributed by atoms with Crippen molar-refractivity contribution in [2.75, 3.05) is 12.3 Å². The van der Waals surface area contributed by atoms with Gasteiger partial charge >= 0.3 is 0 Å². The minimum atomic E-state index is 0.724. The van der Waals surface area contributed by atoms with Crippen LogP contribution in [0.1, 0.15) is 43.7 Å². The number of hydrogen-bond acceptors (Lipinski definition) is 3. The molecule has 0 unspecified atom stereocenters. The van der Waals surface area contributed by atoms with Crippen LogP contribution in [0.2, 0.25) is 0 Å². The van der Waals surface area contributed by atoms with E-state index in [0.29, 0.717) is 0 Å². The van der Waals surface area contributed by atoms with Crippen molar-refractivity contribution in [3.8, 4) is 0 Å². The van der Waals surface area contributed by atoms with E-state index in [4.69, 9.17) is 10.6 Å². The van der Waals surface area contributed by atoms with Crippen molar-refractivity contribution in [2.45, 2.75) is 39.0 Å². The lowest BCUT2D eigenvalue weighted by Gasteiger charge is -2.02. The number of fused-ring (bicyclic) bond motifs is 1. The molecule has 3 nitrogen and oxygen atoms in total. The van der Waals surface area contributed by atoms with Crippen LogP contribution in [0, 0.1) is 0 Å². The standard InChI is InChI=1S/C14H20N2O/c1-2-3-4-9-17-16-14-8-5-11-10-12(15)6-7-13(11)14/h6-7,10H,2-5,8-9,15H2,1H3/b16-14-. The zero-order valence-corrected chi connectivity index (χ0v) is 10.4. The Kier molecular flexibility index (Phi) is 4.02. The molecule has 3 heteroatoms. The predicted molar refractivity (Wildman–Crippen MR) is 71.2 cm³/mol. The van der Waals surface area contributed by atoms with Crippen molar-refractivity contribution in [2.24, 2.45) is 5.16 Å². The number of rotatable bonds is 5. The van der Waals surface area contributed by atoms with E-state index < -0.39 is 0 Å². The van der Waals surface area contributed by atoms with Gasteiger partial charge in [0, 0.05) is 11.3 Å². The van der Waals surface area contributed by atoms with E-state index in [1.54, 1.807) is 0 Å². The Labute approximate surface area is 103 Å². The van der Waals surface area contributed by atoms with Crippen LogP contribution in [0.3, 0.4) is 0 Å². The summed E-state index contributed by atoms with van der Waals surface area (Å²) in [6, 6.07) is 6.01. The quantitative estimate of drug-likeness (QED) is 0.481. The molecule has 92 valence electrons. The lowest BCUT2D eigenvalue weighted by molar-refractivity contribution is 0.140. The van der Waals surface area contributed by atoms with E-state index in [0.717, 1.165) is 37.3 Å². The lowest BCUT2D eigenvalue weighted by atomic mass is 10.1. The number of nitrogens with two attached hydrogens (primary N) is 1. The first kappa shape index (κ1) is 12.0. The van der Waals surface area contributed by atoms with Gasteiger partial charge in [0.25, 0.3) is 0 Å². The molecule has 0 heterocycles. The molecule has 1 aromatic rings. The van der Waals surface area contributed by atoms with Crippen LogP contribution in [0.4, 0.5) is 5.69 Å². The van der Waals surface area contributed by atoms with Gasteiger partial charge in [-0.25, -0.2) is 0 Å². The Morgan fingerprint density at radius 3 is 3.00 bits per heavy atom. The maximum atomic E-state index is 5.76. The van der Waals surface area contributed by atoms with Crippen molar-refractivity contribution in [3.05, 3.63) is 29.3 Å². The third-order valence-corrected chi connectivity index (χ3v) is 3.09. The van der Waals surface area contributed by atoms with E-state index >= 15 is 0 Å². The summed E-state index contributed by atoms with van der Waals surface area (Å²) >= 11 is 0. The summed E-state index contributed by atoms with van der Waals surface area (Å²) < 4.78 is 0. The molecule has 2 rings (SSSR count). The highest BCUT2D eigenvalue weighted by molar-refractivity contribution is 6.04. The number of hydrogen-bond donors (Lipinski definition) is 1. The first-order chi connectivity index (χ1) is 8.31. The van der Waals surface area contributed by atoms with Crippen molar-refractivity contribution < 1.29 is 4.84 Å². The van der Waals surface area contributed by atoms with Crippen molar-refractivity contribution in [3.63, 3.8) is 0 Å². The first-order valence-electron chi connectivity index (χ1n) is 6.39. The van der Waals surface area contributed by atoms with Gasteiger partial charge in [-0.05, 0) is 37.0 Å². The zero-order valence-electron chi connectivity index (χ0n) is 10.4.